The van der Waals surface area contributed by atoms with Crippen LogP contribution in [0.15, 0.2) is 33.5 Å². The van der Waals surface area contributed by atoms with Gasteiger partial charge >= 0.3 is 0 Å². The SMILES string of the molecule is O=C(Nc1cc(Br)cc(Cl)c1O)c1ccon1. The molecule has 0 bridgehead atoms. The summed E-state index contributed by atoms with van der Waals surface area (Å²) in [5.74, 6) is -0.699. The predicted molar refractivity (Wildman–Crippen MR) is 65.3 cm³/mol. The number of hydrogen-bond donors (Lipinski definition) is 2. The Hall–Kier alpha value is -1.53. The summed E-state index contributed by atoms with van der Waals surface area (Å²) in [6.07, 6.45) is 1.28. The fraction of sp³-hybridized carbons (Fsp3) is 0. The van der Waals surface area contributed by atoms with E-state index in [1.54, 1.807) is 0 Å². The maximum absolute atomic E-state index is 11.6. The predicted octanol–water partition coefficient (Wildman–Crippen LogP) is 3.05. The Kier molecular flexibility index (Phi) is 3.35. The summed E-state index contributed by atoms with van der Waals surface area (Å²) in [7, 11) is 0. The van der Waals surface area contributed by atoms with Gasteiger partial charge in [-0.25, -0.2) is 0 Å². The third kappa shape index (κ3) is 2.59. The molecule has 0 radical (unpaired) electrons. The van der Waals surface area contributed by atoms with Gasteiger partial charge in [-0.15, -0.1) is 0 Å². The van der Waals surface area contributed by atoms with Crippen LogP contribution >= 0.6 is 27.5 Å². The molecule has 17 heavy (non-hydrogen) atoms. The summed E-state index contributed by atoms with van der Waals surface area (Å²) in [5.41, 5.74) is 0.304. The number of carbonyl (C=O) groups excluding carboxylic acids is 1. The minimum absolute atomic E-state index is 0.112. The number of hydrogen-bond acceptors (Lipinski definition) is 4. The normalized spacial score (nSPS) is 10.2. The van der Waals surface area contributed by atoms with Crippen molar-refractivity contribution in [1.82, 2.24) is 5.16 Å². The molecule has 88 valence electrons. The lowest BCUT2D eigenvalue weighted by molar-refractivity contribution is 0.101. The van der Waals surface area contributed by atoms with Crippen LogP contribution in [0.2, 0.25) is 5.02 Å². The lowest BCUT2D eigenvalue weighted by atomic mass is 10.3. The first-order valence-electron chi connectivity index (χ1n) is 4.47. The number of halogens is 2. The van der Waals surface area contributed by atoms with Crippen molar-refractivity contribution in [2.45, 2.75) is 0 Å². The highest BCUT2D eigenvalue weighted by Gasteiger charge is 2.14. The molecule has 2 rings (SSSR count). The van der Waals surface area contributed by atoms with Gasteiger partial charge in [0, 0.05) is 10.5 Å². The summed E-state index contributed by atoms with van der Waals surface area (Å²) >= 11 is 8.97. The van der Waals surface area contributed by atoms with Crippen LogP contribution in [0.1, 0.15) is 10.5 Å². The zero-order valence-electron chi connectivity index (χ0n) is 8.28. The van der Waals surface area contributed by atoms with Gasteiger partial charge < -0.3 is 14.9 Å². The van der Waals surface area contributed by atoms with E-state index in [0.717, 1.165) is 0 Å². The Morgan fingerprint density at radius 1 is 1.53 bits per heavy atom. The van der Waals surface area contributed by atoms with Crippen molar-refractivity contribution >= 4 is 39.1 Å². The van der Waals surface area contributed by atoms with E-state index < -0.39 is 5.91 Å². The van der Waals surface area contributed by atoms with E-state index in [1.807, 2.05) is 0 Å². The van der Waals surface area contributed by atoms with Gasteiger partial charge in [0.05, 0.1) is 10.7 Å². The number of benzene rings is 1. The van der Waals surface area contributed by atoms with Crippen molar-refractivity contribution in [2.24, 2.45) is 0 Å². The van der Waals surface area contributed by atoms with E-state index in [1.165, 1.54) is 24.5 Å². The van der Waals surface area contributed by atoms with Crippen LogP contribution in [0.5, 0.6) is 5.75 Å². The smallest absolute Gasteiger partial charge is 0.277 e. The fourth-order valence-electron chi connectivity index (χ4n) is 1.18. The molecule has 0 aliphatic rings. The Bertz CT molecular complexity index is 557. The average Bonchev–Trinajstić information content (AvgIpc) is 2.78. The number of aromatic nitrogens is 1. The average molecular weight is 318 g/mol. The molecule has 0 saturated heterocycles. The highest BCUT2D eigenvalue weighted by Crippen LogP contribution is 2.35. The van der Waals surface area contributed by atoms with Crippen LogP contribution in [0, 0.1) is 0 Å². The zero-order valence-corrected chi connectivity index (χ0v) is 10.6. The van der Waals surface area contributed by atoms with Crippen LogP contribution in [-0.4, -0.2) is 16.2 Å². The molecular weight excluding hydrogens is 311 g/mol. The van der Waals surface area contributed by atoms with Crippen LogP contribution in [-0.2, 0) is 0 Å². The molecule has 1 heterocycles. The van der Waals surface area contributed by atoms with Crippen molar-refractivity contribution in [3.63, 3.8) is 0 Å². The van der Waals surface area contributed by atoms with Gasteiger partial charge in [0.1, 0.15) is 6.26 Å². The van der Waals surface area contributed by atoms with Crippen molar-refractivity contribution in [1.29, 1.82) is 0 Å². The molecular formula is C10H6BrClN2O3. The van der Waals surface area contributed by atoms with Crippen LogP contribution in [0.25, 0.3) is 0 Å². The number of nitrogens with zero attached hydrogens (tertiary/aromatic N) is 1. The van der Waals surface area contributed by atoms with Crippen LogP contribution < -0.4 is 5.32 Å². The van der Waals surface area contributed by atoms with Crippen LogP contribution in [0.4, 0.5) is 5.69 Å². The highest BCUT2D eigenvalue weighted by atomic mass is 79.9. The lowest BCUT2D eigenvalue weighted by Crippen LogP contribution is -2.12. The summed E-state index contributed by atoms with van der Waals surface area (Å²) in [6.45, 7) is 0. The number of amides is 1. The molecule has 7 heteroatoms. The lowest BCUT2D eigenvalue weighted by Gasteiger charge is -2.07. The number of phenolic OH excluding ortho intramolecular Hbond substituents is 1. The summed E-state index contributed by atoms with van der Waals surface area (Å²) < 4.78 is 5.18. The Balaban J connectivity index is 2.28. The first-order chi connectivity index (χ1) is 8.08. The van der Waals surface area contributed by atoms with E-state index in [2.05, 4.69) is 30.9 Å². The van der Waals surface area contributed by atoms with E-state index in [0.29, 0.717) is 4.47 Å². The van der Waals surface area contributed by atoms with Crippen molar-refractivity contribution < 1.29 is 14.4 Å². The van der Waals surface area contributed by atoms with Gasteiger partial charge in [-0.1, -0.05) is 32.7 Å². The molecule has 1 aromatic heterocycles. The van der Waals surface area contributed by atoms with Gasteiger partial charge in [0.25, 0.3) is 5.91 Å². The summed E-state index contributed by atoms with van der Waals surface area (Å²) in [5, 5.41) is 15.7. The standard InChI is InChI=1S/C10H6BrClN2O3/c11-5-3-6(12)9(15)8(4-5)13-10(16)7-1-2-17-14-7/h1-4,15H,(H,13,16). The minimum atomic E-state index is -0.497. The van der Waals surface area contributed by atoms with E-state index in [9.17, 15) is 9.90 Å². The van der Waals surface area contributed by atoms with E-state index in [4.69, 9.17) is 11.6 Å². The first-order valence-corrected chi connectivity index (χ1v) is 5.65. The number of nitrogens with one attached hydrogen (secondary N) is 1. The van der Waals surface area contributed by atoms with Crippen molar-refractivity contribution in [3.8, 4) is 5.75 Å². The van der Waals surface area contributed by atoms with Crippen LogP contribution in [0.3, 0.4) is 0 Å². The number of phenols is 1. The zero-order chi connectivity index (χ0) is 12.4. The van der Waals surface area contributed by atoms with E-state index in [-0.39, 0.29) is 22.2 Å². The number of anilines is 1. The largest absolute Gasteiger partial charge is 0.504 e. The van der Waals surface area contributed by atoms with Gasteiger partial charge in [-0.3, -0.25) is 4.79 Å². The second-order valence-corrected chi connectivity index (χ2v) is 4.45. The third-order valence-corrected chi connectivity index (χ3v) is 2.69. The molecule has 0 atom stereocenters. The Morgan fingerprint density at radius 3 is 2.94 bits per heavy atom. The molecule has 0 fully saturated rings. The van der Waals surface area contributed by atoms with E-state index >= 15 is 0 Å². The summed E-state index contributed by atoms with van der Waals surface area (Å²) in [4.78, 5) is 11.6. The molecule has 0 aliphatic heterocycles. The minimum Gasteiger partial charge on any atom is -0.504 e. The molecule has 0 unspecified atom stereocenters. The van der Waals surface area contributed by atoms with Crippen molar-refractivity contribution in [2.75, 3.05) is 5.32 Å². The molecule has 0 aliphatic carbocycles. The van der Waals surface area contributed by atoms with Gasteiger partial charge in [0.2, 0.25) is 0 Å². The fourth-order valence-corrected chi connectivity index (χ4v) is 1.99. The first kappa shape index (κ1) is 11.9. The topological polar surface area (TPSA) is 75.4 Å². The second-order valence-electron chi connectivity index (χ2n) is 3.12. The molecule has 2 aromatic rings. The monoisotopic (exact) mass is 316 g/mol. The maximum Gasteiger partial charge on any atom is 0.277 e. The van der Waals surface area contributed by atoms with Gasteiger partial charge in [0.15, 0.2) is 11.4 Å². The Morgan fingerprint density at radius 2 is 2.29 bits per heavy atom. The van der Waals surface area contributed by atoms with Gasteiger partial charge in [-0.2, -0.15) is 0 Å². The van der Waals surface area contributed by atoms with Gasteiger partial charge in [-0.05, 0) is 12.1 Å². The Labute approximate surface area is 109 Å². The second kappa shape index (κ2) is 4.77. The summed E-state index contributed by atoms with van der Waals surface area (Å²) in [6, 6.07) is 4.45. The molecule has 0 saturated carbocycles. The number of rotatable bonds is 2. The molecule has 1 aromatic carbocycles. The highest BCUT2D eigenvalue weighted by molar-refractivity contribution is 9.10. The number of carbonyl (C=O) groups is 1. The molecule has 2 N–H and O–H groups in total. The number of aromatic hydroxyl groups is 1. The molecule has 1 amide bonds. The molecule has 5 nitrogen and oxygen atoms in total. The van der Waals surface area contributed by atoms with Crippen molar-refractivity contribution in [3.05, 3.63) is 39.7 Å². The molecule has 0 spiro atoms. The third-order valence-electron chi connectivity index (χ3n) is 1.95. The quantitative estimate of drug-likeness (QED) is 0.835. The maximum atomic E-state index is 11.6.